The lowest BCUT2D eigenvalue weighted by molar-refractivity contribution is -0.274. The fraction of sp³-hybridized carbons (Fsp3) is 0.348. The zero-order chi connectivity index (χ0) is 21.1. The molecule has 2 bridgehead atoms. The number of carbonyl (C=O) groups excluding carboxylic acids is 1. The van der Waals surface area contributed by atoms with Crippen molar-refractivity contribution in [2.45, 2.75) is 50.7 Å². The molecule has 1 amide bonds. The van der Waals surface area contributed by atoms with Gasteiger partial charge in [-0.15, -0.1) is 13.2 Å². The average molecular weight is 417 g/mol. The molecule has 0 saturated carbocycles. The Morgan fingerprint density at radius 3 is 2.50 bits per heavy atom. The van der Waals surface area contributed by atoms with E-state index in [9.17, 15) is 18.0 Å². The molecular formula is C23H22F3NO3. The molecule has 0 spiro atoms. The van der Waals surface area contributed by atoms with Crippen LogP contribution in [0.5, 0.6) is 5.75 Å². The molecule has 2 atom stereocenters. The van der Waals surface area contributed by atoms with Crippen LogP contribution in [0, 0.1) is 0 Å². The first-order valence-corrected chi connectivity index (χ1v) is 9.91. The van der Waals surface area contributed by atoms with E-state index in [-0.39, 0.29) is 30.5 Å². The molecule has 0 aliphatic carbocycles. The van der Waals surface area contributed by atoms with Gasteiger partial charge in [-0.05, 0) is 42.9 Å². The first-order valence-electron chi connectivity index (χ1n) is 9.91. The molecular weight excluding hydrogens is 395 g/mol. The van der Waals surface area contributed by atoms with E-state index in [2.05, 4.69) is 4.74 Å². The number of halogens is 3. The maximum atomic E-state index is 12.7. The van der Waals surface area contributed by atoms with Gasteiger partial charge >= 0.3 is 12.5 Å². The summed E-state index contributed by atoms with van der Waals surface area (Å²) in [6, 6.07) is 15.6. The van der Waals surface area contributed by atoms with Crippen LogP contribution in [0.3, 0.4) is 0 Å². The molecule has 2 unspecified atom stereocenters. The van der Waals surface area contributed by atoms with Gasteiger partial charge in [-0.3, -0.25) is 4.90 Å². The Hall–Kier alpha value is -2.96. The molecule has 1 saturated heterocycles. The highest BCUT2D eigenvalue weighted by Gasteiger charge is 2.40. The number of alkyl halides is 3. The molecule has 2 aliphatic rings. The topological polar surface area (TPSA) is 38.8 Å². The van der Waals surface area contributed by atoms with Crippen LogP contribution in [0.25, 0.3) is 0 Å². The summed E-state index contributed by atoms with van der Waals surface area (Å²) in [5.74, 6) is -0.178. The lowest BCUT2D eigenvalue weighted by Crippen LogP contribution is -2.43. The number of ether oxygens (including phenoxy) is 2. The third-order valence-electron chi connectivity index (χ3n) is 5.50. The first kappa shape index (κ1) is 20.3. The van der Waals surface area contributed by atoms with Gasteiger partial charge in [0, 0.05) is 6.04 Å². The minimum Gasteiger partial charge on any atom is -0.445 e. The van der Waals surface area contributed by atoms with Crippen LogP contribution in [0.2, 0.25) is 0 Å². The predicted molar refractivity (Wildman–Crippen MR) is 105 cm³/mol. The standard InChI is InChI=1S/C23H22F3NO3/c24-23(25,26)30-21-9-5-4-8-18(21)12-17-13-19-10-11-20(14-17)27(19)22(28)29-15-16-6-2-1-3-7-16/h1-9,13,19-20H,10-12,14-15H2. The Labute approximate surface area is 172 Å². The van der Waals surface area contributed by atoms with Gasteiger partial charge in [0.25, 0.3) is 0 Å². The molecule has 2 heterocycles. The molecule has 2 aromatic rings. The monoisotopic (exact) mass is 417 g/mol. The van der Waals surface area contributed by atoms with Crippen LogP contribution in [0.4, 0.5) is 18.0 Å². The maximum Gasteiger partial charge on any atom is 0.573 e. The van der Waals surface area contributed by atoms with Crippen molar-refractivity contribution < 1.29 is 27.4 Å². The SMILES string of the molecule is O=C(OCc1ccccc1)N1C2C=C(Cc3ccccc3OC(F)(F)F)CC1CC2. The largest absolute Gasteiger partial charge is 0.573 e. The second-order valence-electron chi connectivity index (χ2n) is 7.61. The summed E-state index contributed by atoms with van der Waals surface area (Å²) in [4.78, 5) is 14.4. The summed E-state index contributed by atoms with van der Waals surface area (Å²) < 4.78 is 47.7. The minimum absolute atomic E-state index is 0.00831. The Morgan fingerprint density at radius 1 is 1.03 bits per heavy atom. The Balaban J connectivity index is 1.42. The van der Waals surface area contributed by atoms with Crippen molar-refractivity contribution in [1.29, 1.82) is 0 Å². The van der Waals surface area contributed by atoms with Crippen LogP contribution < -0.4 is 4.74 Å². The zero-order valence-corrected chi connectivity index (χ0v) is 16.3. The number of benzene rings is 2. The summed E-state index contributed by atoms with van der Waals surface area (Å²) in [5.41, 5.74) is 2.43. The number of hydrogen-bond donors (Lipinski definition) is 0. The fourth-order valence-corrected chi connectivity index (χ4v) is 4.25. The lowest BCUT2D eigenvalue weighted by atomic mass is 9.95. The molecule has 158 valence electrons. The number of para-hydroxylation sites is 1. The molecule has 7 heteroatoms. The van der Waals surface area contributed by atoms with Crippen molar-refractivity contribution in [3.8, 4) is 5.75 Å². The van der Waals surface area contributed by atoms with E-state index in [1.807, 2.05) is 36.4 Å². The molecule has 1 fully saturated rings. The van der Waals surface area contributed by atoms with Crippen molar-refractivity contribution in [1.82, 2.24) is 4.90 Å². The maximum absolute atomic E-state index is 12.7. The second kappa shape index (κ2) is 8.42. The van der Waals surface area contributed by atoms with E-state index in [1.54, 1.807) is 17.0 Å². The van der Waals surface area contributed by atoms with Crippen LogP contribution in [-0.2, 0) is 17.8 Å². The van der Waals surface area contributed by atoms with Crippen LogP contribution in [-0.4, -0.2) is 29.4 Å². The number of amides is 1. The van der Waals surface area contributed by atoms with Gasteiger partial charge in [-0.2, -0.15) is 0 Å². The second-order valence-corrected chi connectivity index (χ2v) is 7.61. The van der Waals surface area contributed by atoms with E-state index in [1.165, 1.54) is 12.1 Å². The summed E-state index contributed by atoms with van der Waals surface area (Å²) in [6.07, 6.45) is -0.403. The van der Waals surface area contributed by atoms with Gasteiger partial charge in [0.05, 0.1) is 6.04 Å². The van der Waals surface area contributed by atoms with Crippen molar-refractivity contribution in [3.05, 3.63) is 77.4 Å². The Kier molecular flexibility index (Phi) is 5.70. The van der Waals surface area contributed by atoms with Gasteiger partial charge in [0.2, 0.25) is 0 Å². The normalized spacial score (nSPS) is 20.6. The van der Waals surface area contributed by atoms with E-state index in [0.717, 1.165) is 24.0 Å². The molecule has 0 aromatic heterocycles. The fourth-order valence-electron chi connectivity index (χ4n) is 4.25. The Bertz CT molecular complexity index is 927. The van der Waals surface area contributed by atoms with Crippen LogP contribution in [0.1, 0.15) is 30.4 Å². The number of nitrogens with zero attached hydrogens (tertiary/aromatic N) is 1. The van der Waals surface area contributed by atoms with Gasteiger partial charge in [0.1, 0.15) is 12.4 Å². The van der Waals surface area contributed by atoms with E-state index in [0.29, 0.717) is 18.4 Å². The number of carbonyl (C=O) groups is 1. The summed E-state index contributed by atoms with van der Waals surface area (Å²) in [6.45, 7) is 0.217. The molecule has 0 N–H and O–H groups in total. The van der Waals surface area contributed by atoms with Crippen molar-refractivity contribution in [3.63, 3.8) is 0 Å². The third-order valence-corrected chi connectivity index (χ3v) is 5.50. The molecule has 30 heavy (non-hydrogen) atoms. The van der Waals surface area contributed by atoms with Crippen LogP contribution in [0.15, 0.2) is 66.2 Å². The number of fused-ring (bicyclic) bond motifs is 2. The smallest absolute Gasteiger partial charge is 0.445 e. The highest BCUT2D eigenvalue weighted by molar-refractivity contribution is 5.70. The van der Waals surface area contributed by atoms with Gasteiger partial charge in [0.15, 0.2) is 0 Å². The van der Waals surface area contributed by atoms with E-state index in [4.69, 9.17) is 4.74 Å². The van der Waals surface area contributed by atoms with E-state index < -0.39 is 6.36 Å². The Morgan fingerprint density at radius 2 is 1.77 bits per heavy atom. The highest BCUT2D eigenvalue weighted by Crippen LogP contribution is 2.38. The van der Waals surface area contributed by atoms with Crippen molar-refractivity contribution in [2.24, 2.45) is 0 Å². The average Bonchev–Trinajstić information content (AvgIpc) is 2.98. The van der Waals surface area contributed by atoms with E-state index >= 15 is 0 Å². The first-order chi connectivity index (χ1) is 14.4. The molecule has 4 rings (SSSR count). The summed E-state index contributed by atoms with van der Waals surface area (Å²) in [7, 11) is 0. The molecule has 0 radical (unpaired) electrons. The van der Waals surface area contributed by atoms with Gasteiger partial charge < -0.3 is 9.47 Å². The molecule has 4 nitrogen and oxygen atoms in total. The predicted octanol–water partition coefficient (Wildman–Crippen LogP) is 5.63. The summed E-state index contributed by atoms with van der Waals surface area (Å²) >= 11 is 0. The number of hydrogen-bond acceptors (Lipinski definition) is 3. The highest BCUT2D eigenvalue weighted by atomic mass is 19.4. The van der Waals surface area contributed by atoms with Gasteiger partial charge in [-0.25, -0.2) is 4.79 Å². The molecule has 2 aliphatic heterocycles. The summed E-state index contributed by atoms with van der Waals surface area (Å²) in [5, 5.41) is 0. The zero-order valence-electron chi connectivity index (χ0n) is 16.3. The quantitative estimate of drug-likeness (QED) is 0.592. The van der Waals surface area contributed by atoms with Crippen molar-refractivity contribution in [2.75, 3.05) is 0 Å². The molecule has 2 aromatic carbocycles. The van der Waals surface area contributed by atoms with Crippen LogP contribution >= 0.6 is 0 Å². The van der Waals surface area contributed by atoms with Gasteiger partial charge in [-0.1, -0.05) is 60.2 Å². The minimum atomic E-state index is -4.73. The third kappa shape index (κ3) is 4.78. The van der Waals surface area contributed by atoms with Crippen molar-refractivity contribution >= 4 is 6.09 Å². The number of rotatable bonds is 5. The lowest BCUT2D eigenvalue weighted by Gasteiger charge is -2.33.